The number of rotatable bonds is 11. The zero-order valence-electron chi connectivity index (χ0n) is 20.3. The van der Waals surface area contributed by atoms with Crippen LogP contribution in [-0.2, 0) is 26.2 Å². The van der Waals surface area contributed by atoms with Gasteiger partial charge in [0, 0.05) is 30.8 Å². The van der Waals surface area contributed by atoms with Gasteiger partial charge in [-0.1, -0.05) is 18.2 Å². The number of nitro benzene ring substituents is 1. The molecule has 204 valence electrons. The number of nitro groups is 1. The van der Waals surface area contributed by atoms with Crippen LogP contribution in [0.1, 0.15) is 18.4 Å². The standard InChI is InChI=1S/C23H27N5O9S/c1-37-20-7-3-2-5-15(20)13-24-23(32)25-14-18(22(30)31)26-21(29)19-6-4-12-27(19)38(35,36)17-10-8-16(9-11-17)28(33)34/h2-3,5,7-11,18-19H,4,6,12-14H2,1H3,(H,26,29)(H,30,31)(H2,24,25,32)/t18-,19-/m0/s1. The molecule has 1 saturated heterocycles. The highest BCUT2D eigenvalue weighted by atomic mass is 32.2. The molecule has 0 saturated carbocycles. The van der Waals surface area contributed by atoms with Crippen molar-refractivity contribution in [2.75, 3.05) is 20.2 Å². The van der Waals surface area contributed by atoms with Gasteiger partial charge in [0.05, 0.1) is 23.5 Å². The second-order valence-corrected chi connectivity index (χ2v) is 10.2. The molecule has 1 aliphatic heterocycles. The number of hydrogen-bond donors (Lipinski definition) is 4. The van der Waals surface area contributed by atoms with Crippen molar-refractivity contribution in [2.24, 2.45) is 0 Å². The van der Waals surface area contributed by atoms with Crippen molar-refractivity contribution >= 4 is 33.6 Å². The largest absolute Gasteiger partial charge is 0.496 e. The second-order valence-electron chi connectivity index (χ2n) is 8.30. The maximum Gasteiger partial charge on any atom is 0.328 e. The fourth-order valence-corrected chi connectivity index (χ4v) is 5.57. The molecule has 1 aliphatic rings. The van der Waals surface area contributed by atoms with Crippen LogP contribution in [0.2, 0.25) is 0 Å². The first-order valence-corrected chi connectivity index (χ1v) is 12.9. The molecule has 4 N–H and O–H groups in total. The van der Waals surface area contributed by atoms with Crippen LogP contribution in [0.4, 0.5) is 10.5 Å². The molecule has 1 heterocycles. The van der Waals surface area contributed by atoms with E-state index in [0.29, 0.717) is 17.7 Å². The number of ether oxygens (including phenoxy) is 1. The van der Waals surface area contributed by atoms with E-state index >= 15 is 0 Å². The Morgan fingerprint density at radius 3 is 2.47 bits per heavy atom. The number of methoxy groups -OCH3 is 1. The molecule has 2 aromatic rings. The minimum absolute atomic E-state index is 0.0126. The molecular formula is C23H27N5O9S. The average molecular weight is 550 g/mol. The van der Waals surface area contributed by atoms with Crippen LogP contribution in [0.25, 0.3) is 0 Å². The lowest BCUT2D eigenvalue weighted by Crippen LogP contribution is -2.54. The van der Waals surface area contributed by atoms with E-state index in [-0.39, 0.29) is 30.1 Å². The van der Waals surface area contributed by atoms with Gasteiger partial charge in [0.2, 0.25) is 15.9 Å². The minimum Gasteiger partial charge on any atom is -0.496 e. The molecule has 0 radical (unpaired) electrons. The highest BCUT2D eigenvalue weighted by molar-refractivity contribution is 7.89. The third-order valence-electron chi connectivity index (χ3n) is 5.87. The number of carbonyl (C=O) groups excluding carboxylic acids is 2. The van der Waals surface area contributed by atoms with Gasteiger partial charge in [0.25, 0.3) is 5.69 Å². The van der Waals surface area contributed by atoms with Crippen molar-refractivity contribution in [1.29, 1.82) is 0 Å². The minimum atomic E-state index is -4.18. The number of non-ortho nitro benzene ring substituents is 1. The molecule has 0 bridgehead atoms. The van der Waals surface area contributed by atoms with Crippen LogP contribution in [0, 0.1) is 10.1 Å². The fourth-order valence-electron chi connectivity index (χ4n) is 3.91. The molecular weight excluding hydrogens is 522 g/mol. The Labute approximate surface area is 218 Å². The van der Waals surface area contributed by atoms with Crippen molar-refractivity contribution < 1.29 is 37.6 Å². The molecule has 14 nitrogen and oxygen atoms in total. The lowest BCUT2D eigenvalue weighted by molar-refractivity contribution is -0.384. The quantitative estimate of drug-likeness (QED) is 0.232. The summed E-state index contributed by atoms with van der Waals surface area (Å²) in [5.74, 6) is -1.70. The van der Waals surface area contributed by atoms with Crippen molar-refractivity contribution in [3.63, 3.8) is 0 Å². The van der Waals surface area contributed by atoms with Crippen molar-refractivity contribution in [3.05, 3.63) is 64.2 Å². The van der Waals surface area contributed by atoms with E-state index < -0.39 is 51.5 Å². The van der Waals surface area contributed by atoms with E-state index in [0.717, 1.165) is 28.6 Å². The van der Waals surface area contributed by atoms with Crippen LogP contribution in [-0.4, -0.2) is 72.9 Å². The Balaban J connectivity index is 1.61. The first-order chi connectivity index (χ1) is 18.0. The zero-order valence-corrected chi connectivity index (χ0v) is 21.1. The van der Waals surface area contributed by atoms with Crippen LogP contribution in [0.3, 0.4) is 0 Å². The molecule has 2 atom stereocenters. The molecule has 2 aromatic carbocycles. The van der Waals surface area contributed by atoms with E-state index in [1.54, 1.807) is 24.3 Å². The van der Waals surface area contributed by atoms with Crippen LogP contribution in [0.5, 0.6) is 5.75 Å². The predicted octanol–water partition coefficient (Wildman–Crippen LogP) is 0.825. The Morgan fingerprint density at radius 2 is 1.84 bits per heavy atom. The summed E-state index contributed by atoms with van der Waals surface area (Å²) in [4.78, 5) is 46.8. The van der Waals surface area contributed by atoms with Gasteiger partial charge >= 0.3 is 12.0 Å². The summed E-state index contributed by atoms with van der Waals surface area (Å²) in [6.45, 7) is -0.336. The van der Waals surface area contributed by atoms with Gasteiger partial charge in [-0.25, -0.2) is 18.0 Å². The number of amides is 3. The smallest absolute Gasteiger partial charge is 0.328 e. The highest BCUT2D eigenvalue weighted by Gasteiger charge is 2.40. The molecule has 38 heavy (non-hydrogen) atoms. The first kappa shape index (κ1) is 28.3. The Bertz CT molecular complexity index is 1300. The molecule has 0 unspecified atom stereocenters. The average Bonchev–Trinajstić information content (AvgIpc) is 3.41. The summed E-state index contributed by atoms with van der Waals surface area (Å²) in [6, 6.07) is 7.86. The third kappa shape index (κ3) is 6.74. The second kappa shape index (κ2) is 12.3. The van der Waals surface area contributed by atoms with Crippen LogP contribution in [0.15, 0.2) is 53.4 Å². The van der Waals surface area contributed by atoms with Crippen molar-refractivity contribution in [1.82, 2.24) is 20.3 Å². The Morgan fingerprint density at radius 1 is 1.16 bits per heavy atom. The summed E-state index contributed by atoms with van der Waals surface area (Å²) in [5, 5.41) is 27.6. The summed E-state index contributed by atoms with van der Waals surface area (Å²) < 4.78 is 32.3. The van der Waals surface area contributed by atoms with Crippen LogP contribution >= 0.6 is 0 Å². The molecule has 3 rings (SSSR count). The van der Waals surface area contributed by atoms with Gasteiger partial charge in [-0.3, -0.25) is 14.9 Å². The van der Waals surface area contributed by atoms with Crippen LogP contribution < -0.4 is 20.7 Å². The fraction of sp³-hybridized carbons (Fsp3) is 0.348. The Hall–Kier alpha value is -4.24. The predicted molar refractivity (Wildman–Crippen MR) is 133 cm³/mol. The van der Waals surface area contributed by atoms with E-state index in [4.69, 9.17) is 4.74 Å². The number of aliphatic carboxylic acids is 1. The molecule has 0 aromatic heterocycles. The number of urea groups is 1. The number of carboxylic acids is 1. The molecule has 0 spiro atoms. The monoisotopic (exact) mass is 549 g/mol. The molecule has 15 heteroatoms. The summed E-state index contributed by atoms with van der Waals surface area (Å²) in [5.41, 5.74) is 0.409. The molecule has 1 fully saturated rings. The van der Waals surface area contributed by atoms with Gasteiger partial charge in [-0.2, -0.15) is 4.31 Å². The van der Waals surface area contributed by atoms with Gasteiger partial charge in [-0.05, 0) is 31.0 Å². The highest BCUT2D eigenvalue weighted by Crippen LogP contribution is 2.27. The topological polar surface area (TPSA) is 197 Å². The number of hydrogen-bond acceptors (Lipinski definition) is 8. The maximum absolute atomic E-state index is 13.1. The number of nitrogens with one attached hydrogen (secondary N) is 3. The number of carbonyl (C=O) groups is 3. The normalized spacial score (nSPS) is 16.3. The number of nitrogens with zero attached hydrogens (tertiary/aromatic N) is 2. The van der Waals surface area contributed by atoms with Crippen molar-refractivity contribution in [3.8, 4) is 5.75 Å². The number of benzene rings is 2. The number of sulfonamides is 1. The third-order valence-corrected chi connectivity index (χ3v) is 7.80. The summed E-state index contributed by atoms with van der Waals surface area (Å²) >= 11 is 0. The summed E-state index contributed by atoms with van der Waals surface area (Å²) in [6.07, 6.45) is 0.503. The maximum atomic E-state index is 13.1. The van der Waals surface area contributed by atoms with E-state index in [1.807, 2.05) is 0 Å². The number of carboxylic acid groups (broad SMARTS) is 1. The first-order valence-electron chi connectivity index (χ1n) is 11.5. The summed E-state index contributed by atoms with van der Waals surface area (Å²) in [7, 11) is -2.70. The lowest BCUT2D eigenvalue weighted by Gasteiger charge is -2.25. The Kier molecular flexibility index (Phi) is 9.20. The zero-order chi connectivity index (χ0) is 27.9. The SMILES string of the molecule is COc1ccccc1CNC(=O)NC[C@H](NC(=O)[C@@H]1CCCN1S(=O)(=O)c1ccc([N+](=O)[O-])cc1)C(=O)O. The molecule has 0 aliphatic carbocycles. The van der Waals surface area contributed by atoms with Crippen molar-refractivity contribution in [2.45, 2.75) is 36.4 Å². The molecule has 3 amide bonds. The number of para-hydroxylation sites is 1. The van der Waals surface area contributed by atoms with Gasteiger partial charge in [0.1, 0.15) is 17.8 Å². The van der Waals surface area contributed by atoms with E-state index in [9.17, 15) is 38.0 Å². The van der Waals surface area contributed by atoms with Gasteiger partial charge in [0.15, 0.2) is 0 Å². The van der Waals surface area contributed by atoms with Gasteiger partial charge < -0.3 is 25.8 Å². The van der Waals surface area contributed by atoms with E-state index in [1.165, 1.54) is 7.11 Å². The lowest BCUT2D eigenvalue weighted by atomic mass is 10.2. The van der Waals surface area contributed by atoms with Gasteiger partial charge in [-0.15, -0.1) is 0 Å². The van der Waals surface area contributed by atoms with E-state index in [2.05, 4.69) is 16.0 Å².